The van der Waals surface area contributed by atoms with Crippen LogP contribution in [0.3, 0.4) is 0 Å². The molecule has 1 heterocycles. The normalized spacial score (nSPS) is 14.0. The first-order valence-corrected chi connectivity index (χ1v) is 8.62. The van der Waals surface area contributed by atoms with Crippen molar-refractivity contribution < 1.29 is 0 Å². The highest BCUT2D eigenvalue weighted by molar-refractivity contribution is 5.24. The molecule has 0 spiro atoms. The first-order valence-electron chi connectivity index (χ1n) is 8.62. The fraction of sp³-hybridized carbons (Fsp3) is 0.474. The summed E-state index contributed by atoms with van der Waals surface area (Å²) >= 11 is 0. The van der Waals surface area contributed by atoms with Gasteiger partial charge in [-0.1, -0.05) is 24.3 Å². The lowest BCUT2D eigenvalue weighted by Gasteiger charge is -2.19. The quantitative estimate of drug-likeness (QED) is 0.910. The van der Waals surface area contributed by atoms with E-state index in [1.165, 1.54) is 11.1 Å². The number of rotatable bonds is 5. The third-order valence-electron chi connectivity index (χ3n) is 4.65. The molecule has 0 saturated heterocycles. The number of aryl methyl sites for hydroxylation is 1. The first kappa shape index (κ1) is 16.7. The van der Waals surface area contributed by atoms with Crippen LogP contribution in [-0.4, -0.2) is 28.5 Å². The Kier molecular flexibility index (Phi) is 5.00. The summed E-state index contributed by atoms with van der Waals surface area (Å²) in [5, 5.41) is 0. The zero-order chi connectivity index (χ0) is 17.1. The number of hydrogen-bond donors (Lipinski definition) is 1. The largest absolute Gasteiger partial charge is 0.328 e. The monoisotopic (exact) mass is 327 g/mol. The lowest BCUT2D eigenvalue weighted by atomic mass is 9.96. The Morgan fingerprint density at radius 1 is 1.04 bits per heavy atom. The lowest BCUT2D eigenvalue weighted by Crippen LogP contribution is -2.37. The van der Waals surface area contributed by atoms with E-state index in [2.05, 4.69) is 48.2 Å². The van der Waals surface area contributed by atoms with Gasteiger partial charge in [0.05, 0.1) is 0 Å². The van der Waals surface area contributed by atoms with E-state index in [0.717, 1.165) is 49.9 Å². The molecule has 0 radical (unpaired) electrons. The molecule has 1 N–H and O–H groups in total. The van der Waals surface area contributed by atoms with E-state index in [0.29, 0.717) is 6.54 Å². The van der Waals surface area contributed by atoms with Crippen LogP contribution < -0.4 is 11.2 Å². The Labute approximate surface area is 141 Å². The van der Waals surface area contributed by atoms with E-state index >= 15 is 0 Å². The Hall–Kier alpha value is -2.14. The van der Waals surface area contributed by atoms with Gasteiger partial charge in [-0.2, -0.15) is 0 Å². The van der Waals surface area contributed by atoms with Crippen molar-refractivity contribution in [1.82, 2.24) is 14.5 Å². The lowest BCUT2D eigenvalue weighted by molar-refractivity contribution is 0.402. The molecule has 5 heteroatoms. The SMILES string of the molecule is CN(C)Cc1ccc(CCn2c3c(c(=O)[nH]c2=O)CCCC3)cc1. The summed E-state index contributed by atoms with van der Waals surface area (Å²) in [5.74, 6) is 0. The third-order valence-corrected chi connectivity index (χ3v) is 4.65. The number of nitrogens with one attached hydrogen (secondary N) is 1. The van der Waals surface area contributed by atoms with Gasteiger partial charge in [0.2, 0.25) is 0 Å². The zero-order valence-electron chi connectivity index (χ0n) is 14.5. The van der Waals surface area contributed by atoms with Crippen LogP contribution in [0.5, 0.6) is 0 Å². The van der Waals surface area contributed by atoms with Crippen molar-refractivity contribution in [3.63, 3.8) is 0 Å². The van der Waals surface area contributed by atoms with Gasteiger partial charge in [-0.25, -0.2) is 4.79 Å². The third kappa shape index (κ3) is 3.67. The minimum absolute atomic E-state index is 0.195. The Bertz CT molecular complexity index is 816. The second kappa shape index (κ2) is 7.18. The fourth-order valence-electron chi connectivity index (χ4n) is 3.45. The average Bonchev–Trinajstić information content (AvgIpc) is 2.55. The molecule has 0 bridgehead atoms. The summed E-state index contributed by atoms with van der Waals surface area (Å²) in [5.41, 5.74) is 3.77. The van der Waals surface area contributed by atoms with Gasteiger partial charge in [-0.15, -0.1) is 0 Å². The van der Waals surface area contributed by atoms with Crippen molar-refractivity contribution in [2.24, 2.45) is 0 Å². The van der Waals surface area contributed by atoms with Gasteiger partial charge in [0.15, 0.2) is 0 Å². The Balaban J connectivity index is 1.77. The Morgan fingerprint density at radius 3 is 2.42 bits per heavy atom. The van der Waals surface area contributed by atoms with Crippen molar-refractivity contribution in [2.75, 3.05) is 14.1 Å². The van der Waals surface area contributed by atoms with Crippen molar-refractivity contribution in [3.05, 3.63) is 67.5 Å². The van der Waals surface area contributed by atoms with Gasteiger partial charge < -0.3 is 4.90 Å². The summed E-state index contributed by atoms with van der Waals surface area (Å²) < 4.78 is 1.77. The van der Waals surface area contributed by atoms with Gasteiger partial charge in [0.1, 0.15) is 0 Å². The topological polar surface area (TPSA) is 58.1 Å². The van der Waals surface area contributed by atoms with E-state index in [1.54, 1.807) is 4.57 Å². The second-order valence-corrected chi connectivity index (χ2v) is 6.85. The maximum atomic E-state index is 12.2. The number of hydrogen-bond acceptors (Lipinski definition) is 3. The van der Waals surface area contributed by atoms with E-state index in [-0.39, 0.29) is 11.2 Å². The summed E-state index contributed by atoms with van der Waals surface area (Å²) in [6, 6.07) is 8.53. The van der Waals surface area contributed by atoms with Gasteiger partial charge in [-0.3, -0.25) is 14.3 Å². The predicted octanol–water partition coefficient (Wildman–Crippen LogP) is 1.72. The van der Waals surface area contributed by atoms with Gasteiger partial charge in [-0.05, 0) is 57.3 Å². The fourth-order valence-corrected chi connectivity index (χ4v) is 3.45. The van der Waals surface area contributed by atoms with Crippen LogP contribution in [0.1, 0.15) is 35.2 Å². The summed E-state index contributed by atoms with van der Waals surface area (Å²) in [6.07, 6.45) is 4.48. The van der Waals surface area contributed by atoms with E-state index in [4.69, 9.17) is 0 Å². The number of benzene rings is 1. The van der Waals surface area contributed by atoms with Crippen LogP contribution >= 0.6 is 0 Å². The molecule has 128 valence electrons. The Morgan fingerprint density at radius 2 is 1.71 bits per heavy atom. The molecule has 1 aromatic heterocycles. The highest BCUT2D eigenvalue weighted by atomic mass is 16.2. The van der Waals surface area contributed by atoms with Crippen LogP contribution in [0, 0.1) is 0 Å². The van der Waals surface area contributed by atoms with Crippen molar-refractivity contribution in [1.29, 1.82) is 0 Å². The summed E-state index contributed by atoms with van der Waals surface area (Å²) in [4.78, 5) is 28.8. The molecule has 0 unspecified atom stereocenters. The van der Waals surface area contributed by atoms with Crippen LogP contribution in [0.15, 0.2) is 33.9 Å². The molecule has 1 aromatic carbocycles. The first-order chi connectivity index (χ1) is 11.5. The molecule has 1 aliphatic rings. The minimum Gasteiger partial charge on any atom is -0.305 e. The van der Waals surface area contributed by atoms with Crippen LogP contribution in [-0.2, 0) is 32.4 Å². The van der Waals surface area contributed by atoms with Crippen LogP contribution in [0.25, 0.3) is 0 Å². The van der Waals surface area contributed by atoms with Crippen LogP contribution in [0.4, 0.5) is 0 Å². The van der Waals surface area contributed by atoms with Gasteiger partial charge in [0.25, 0.3) is 5.56 Å². The summed E-state index contributed by atoms with van der Waals surface area (Å²) in [7, 11) is 4.11. The highest BCUT2D eigenvalue weighted by Crippen LogP contribution is 2.17. The molecule has 0 amide bonds. The summed E-state index contributed by atoms with van der Waals surface area (Å²) in [6.45, 7) is 1.54. The standard InChI is InChI=1S/C19H25N3O2/c1-21(2)13-15-9-7-14(8-10-15)11-12-22-17-6-4-3-5-16(17)18(23)20-19(22)24/h7-10H,3-6,11-13H2,1-2H3,(H,20,23,24). The maximum absolute atomic E-state index is 12.2. The predicted molar refractivity (Wildman–Crippen MR) is 95.5 cm³/mol. The molecule has 0 saturated carbocycles. The van der Waals surface area contributed by atoms with Crippen molar-refractivity contribution >= 4 is 0 Å². The minimum atomic E-state index is -0.273. The molecule has 3 rings (SSSR count). The van der Waals surface area contributed by atoms with E-state index in [1.807, 2.05) is 0 Å². The highest BCUT2D eigenvalue weighted by Gasteiger charge is 2.17. The van der Waals surface area contributed by atoms with Crippen molar-refractivity contribution in [3.8, 4) is 0 Å². The molecule has 0 fully saturated rings. The average molecular weight is 327 g/mol. The smallest absolute Gasteiger partial charge is 0.305 e. The molecule has 1 aliphatic carbocycles. The molecular weight excluding hydrogens is 302 g/mol. The maximum Gasteiger partial charge on any atom is 0.328 e. The van der Waals surface area contributed by atoms with Gasteiger partial charge in [0, 0.05) is 24.3 Å². The number of aromatic amines is 1. The van der Waals surface area contributed by atoms with Gasteiger partial charge >= 0.3 is 5.69 Å². The number of aromatic nitrogens is 2. The molecular formula is C19H25N3O2. The van der Waals surface area contributed by atoms with E-state index in [9.17, 15) is 9.59 Å². The molecule has 5 nitrogen and oxygen atoms in total. The van der Waals surface area contributed by atoms with Crippen LogP contribution in [0.2, 0.25) is 0 Å². The molecule has 0 aliphatic heterocycles. The second-order valence-electron chi connectivity index (χ2n) is 6.85. The zero-order valence-corrected chi connectivity index (χ0v) is 14.5. The molecule has 0 atom stereocenters. The number of fused-ring (bicyclic) bond motifs is 1. The number of H-pyrrole nitrogens is 1. The molecule has 2 aromatic rings. The molecule has 24 heavy (non-hydrogen) atoms. The van der Waals surface area contributed by atoms with E-state index < -0.39 is 0 Å². The van der Waals surface area contributed by atoms with Crippen molar-refractivity contribution in [2.45, 2.75) is 45.2 Å². The number of nitrogens with zero attached hydrogens (tertiary/aromatic N) is 2.